The molecule has 286 valence electrons. The molecule has 0 saturated carbocycles. The van der Waals surface area contributed by atoms with Crippen LogP contribution in [0.15, 0.2) is 235 Å². The van der Waals surface area contributed by atoms with Crippen molar-refractivity contribution in [3.05, 3.63) is 231 Å². The predicted molar refractivity (Wildman–Crippen MR) is 257 cm³/mol. The second kappa shape index (κ2) is 14.3. The van der Waals surface area contributed by atoms with Crippen molar-refractivity contribution in [1.29, 1.82) is 0 Å². The Bertz CT molecular complexity index is 3570. The third-order valence-electron chi connectivity index (χ3n) is 12.2. The summed E-state index contributed by atoms with van der Waals surface area (Å²) in [6.07, 6.45) is 0. The number of hydrogen-bond donors (Lipinski definition) is 0. The molecule has 12 aromatic rings. The van der Waals surface area contributed by atoms with Gasteiger partial charge < -0.3 is 13.9 Å². The van der Waals surface area contributed by atoms with E-state index in [1.54, 1.807) is 0 Å². The van der Waals surface area contributed by atoms with E-state index in [0.717, 1.165) is 44.7 Å². The molecule has 0 radical (unpaired) electrons. The van der Waals surface area contributed by atoms with Crippen molar-refractivity contribution < 1.29 is 4.42 Å². The number of hydrogen-bond acceptors (Lipinski definition) is 2. The Labute approximate surface area is 353 Å². The molecule has 0 aliphatic rings. The SMILES string of the molecule is c1ccc(-c2ccc3c4ccccc4n(-c4cccc5oc6cc(N(c7ccccc7)c7ccc(-c8ccc9cccc(-c%10ccccc%10)c9c8)cc7)ccc6c45)c3c2)cc1. The summed E-state index contributed by atoms with van der Waals surface area (Å²) in [6.45, 7) is 0. The van der Waals surface area contributed by atoms with E-state index < -0.39 is 0 Å². The molecule has 0 saturated heterocycles. The first-order valence-corrected chi connectivity index (χ1v) is 20.8. The summed E-state index contributed by atoms with van der Waals surface area (Å²) in [5.74, 6) is 0. The van der Waals surface area contributed by atoms with Crippen LogP contribution in [0.2, 0.25) is 0 Å². The lowest BCUT2D eigenvalue weighted by Gasteiger charge is -2.25. The van der Waals surface area contributed by atoms with Gasteiger partial charge in [0.15, 0.2) is 0 Å². The van der Waals surface area contributed by atoms with Gasteiger partial charge in [0.25, 0.3) is 0 Å². The lowest BCUT2D eigenvalue weighted by molar-refractivity contribution is 0.669. The summed E-state index contributed by atoms with van der Waals surface area (Å²) in [5, 5.41) is 7.11. The fourth-order valence-electron chi connectivity index (χ4n) is 9.31. The molecule has 3 nitrogen and oxygen atoms in total. The minimum atomic E-state index is 0.841. The average molecular weight is 779 g/mol. The Morgan fingerprint density at radius 3 is 1.75 bits per heavy atom. The first-order valence-electron chi connectivity index (χ1n) is 20.8. The van der Waals surface area contributed by atoms with Crippen LogP contribution in [0, 0.1) is 0 Å². The van der Waals surface area contributed by atoms with Crippen molar-refractivity contribution in [1.82, 2.24) is 4.57 Å². The van der Waals surface area contributed by atoms with E-state index >= 15 is 0 Å². The predicted octanol–water partition coefficient (Wildman–Crippen LogP) is 16.3. The van der Waals surface area contributed by atoms with Gasteiger partial charge in [-0.3, -0.25) is 0 Å². The maximum Gasteiger partial charge on any atom is 0.137 e. The van der Waals surface area contributed by atoms with Gasteiger partial charge in [-0.05, 0) is 111 Å². The van der Waals surface area contributed by atoms with Gasteiger partial charge in [0.2, 0.25) is 0 Å². The number of furan rings is 1. The van der Waals surface area contributed by atoms with E-state index in [0.29, 0.717) is 0 Å². The van der Waals surface area contributed by atoms with Crippen LogP contribution in [-0.4, -0.2) is 4.57 Å². The van der Waals surface area contributed by atoms with Crippen molar-refractivity contribution in [2.24, 2.45) is 0 Å². The van der Waals surface area contributed by atoms with Crippen LogP contribution in [0.3, 0.4) is 0 Å². The third kappa shape index (κ3) is 5.90. The topological polar surface area (TPSA) is 21.3 Å². The normalized spacial score (nSPS) is 11.6. The minimum absolute atomic E-state index is 0.841. The number of benzene rings is 10. The molecule has 0 unspecified atom stereocenters. The summed E-state index contributed by atoms with van der Waals surface area (Å²) in [7, 11) is 0. The van der Waals surface area contributed by atoms with Crippen molar-refractivity contribution >= 4 is 71.6 Å². The van der Waals surface area contributed by atoms with Gasteiger partial charge in [0.1, 0.15) is 11.2 Å². The van der Waals surface area contributed by atoms with Crippen LogP contribution in [-0.2, 0) is 0 Å². The van der Waals surface area contributed by atoms with Crippen LogP contribution >= 0.6 is 0 Å². The van der Waals surface area contributed by atoms with E-state index in [-0.39, 0.29) is 0 Å². The number of fused-ring (bicyclic) bond motifs is 7. The molecule has 0 fully saturated rings. The largest absolute Gasteiger partial charge is 0.456 e. The third-order valence-corrected chi connectivity index (χ3v) is 12.2. The Hall–Kier alpha value is -8.14. The Morgan fingerprint density at radius 1 is 0.328 bits per heavy atom. The van der Waals surface area contributed by atoms with Gasteiger partial charge in [-0.15, -0.1) is 0 Å². The first-order chi connectivity index (χ1) is 30.2. The molecular weight excluding hydrogens is 741 g/mol. The van der Waals surface area contributed by atoms with Gasteiger partial charge in [0, 0.05) is 39.3 Å². The molecule has 0 aliphatic heterocycles. The van der Waals surface area contributed by atoms with Crippen molar-refractivity contribution in [3.63, 3.8) is 0 Å². The maximum atomic E-state index is 6.78. The number of anilines is 3. The lowest BCUT2D eigenvalue weighted by atomic mass is 9.95. The zero-order valence-corrected chi connectivity index (χ0v) is 33.2. The number of para-hydroxylation sites is 2. The van der Waals surface area contributed by atoms with Crippen LogP contribution in [0.5, 0.6) is 0 Å². The maximum absolute atomic E-state index is 6.78. The minimum Gasteiger partial charge on any atom is -0.456 e. The van der Waals surface area contributed by atoms with E-state index in [4.69, 9.17) is 4.42 Å². The second-order valence-electron chi connectivity index (χ2n) is 15.7. The Morgan fingerprint density at radius 2 is 0.934 bits per heavy atom. The van der Waals surface area contributed by atoms with Crippen LogP contribution in [0.25, 0.3) is 93.6 Å². The molecule has 61 heavy (non-hydrogen) atoms. The van der Waals surface area contributed by atoms with Crippen molar-refractivity contribution in [2.45, 2.75) is 0 Å². The molecule has 10 aromatic carbocycles. The zero-order chi connectivity index (χ0) is 40.3. The van der Waals surface area contributed by atoms with E-state index in [9.17, 15) is 0 Å². The molecule has 12 rings (SSSR count). The fraction of sp³-hybridized carbons (Fsp3) is 0. The summed E-state index contributed by atoms with van der Waals surface area (Å²) < 4.78 is 9.20. The highest BCUT2D eigenvalue weighted by atomic mass is 16.3. The van der Waals surface area contributed by atoms with Gasteiger partial charge in [-0.1, -0.05) is 158 Å². The van der Waals surface area contributed by atoms with Crippen molar-refractivity contribution in [3.8, 4) is 39.1 Å². The molecule has 2 heterocycles. The van der Waals surface area contributed by atoms with E-state index in [1.807, 2.05) is 0 Å². The van der Waals surface area contributed by atoms with Gasteiger partial charge in [-0.2, -0.15) is 0 Å². The first kappa shape index (κ1) is 34.9. The second-order valence-corrected chi connectivity index (χ2v) is 15.7. The summed E-state index contributed by atoms with van der Waals surface area (Å²) >= 11 is 0. The molecule has 2 aromatic heterocycles. The fourth-order valence-corrected chi connectivity index (χ4v) is 9.31. The van der Waals surface area contributed by atoms with Crippen molar-refractivity contribution in [2.75, 3.05) is 4.90 Å². The molecular formula is C58H38N2O. The molecule has 0 atom stereocenters. The standard InChI is InChI=1S/C58H38N2O/c1-4-14-39(15-5-1)44-30-34-50-49-21-10-11-23-53(49)60(55(50)37-44)54-24-13-25-56-58(54)51-35-33-47(38-57(51)61-56)59(45-19-8-3-9-20-45)46-31-28-40(29-32-46)43-27-26-42-18-12-22-48(52(42)36-43)41-16-6-2-7-17-41/h1-38H. The monoisotopic (exact) mass is 778 g/mol. The quantitative estimate of drug-likeness (QED) is 0.161. The molecule has 0 amide bonds. The number of rotatable bonds is 7. The van der Waals surface area contributed by atoms with Crippen LogP contribution in [0.4, 0.5) is 17.1 Å². The number of nitrogens with zero attached hydrogens (tertiary/aromatic N) is 2. The summed E-state index contributed by atoms with van der Waals surface area (Å²) in [5.41, 5.74) is 15.5. The Kier molecular flexibility index (Phi) is 8.17. The molecule has 3 heteroatoms. The van der Waals surface area contributed by atoms with Gasteiger partial charge >= 0.3 is 0 Å². The molecule has 0 aliphatic carbocycles. The lowest BCUT2D eigenvalue weighted by Crippen LogP contribution is -2.09. The zero-order valence-electron chi connectivity index (χ0n) is 33.2. The highest BCUT2D eigenvalue weighted by Gasteiger charge is 2.20. The Balaban J connectivity index is 0.968. The van der Waals surface area contributed by atoms with E-state index in [1.165, 1.54) is 66.0 Å². The highest BCUT2D eigenvalue weighted by Crippen LogP contribution is 2.43. The molecule has 0 N–H and O–H groups in total. The van der Waals surface area contributed by atoms with Gasteiger partial charge in [0.05, 0.1) is 22.1 Å². The molecule has 0 bridgehead atoms. The highest BCUT2D eigenvalue weighted by molar-refractivity contribution is 6.15. The summed E-state index contributed by atoms with van der Waals surface area (Å²) in [6, 6.07) is 82.7. The van der Waals surface area contributed by atoms with E-state index in [2.05, 4.69) is 240 Å². The van der Waals surface area contributed by atoms with Gasteiger partial charge in [-0.25, -0.2) is 0 Å². The summed E-state index contributed by atoms with van der Waals surface area (Å²) in [4.78, 5) is 2.31. The van der Waals surface area contributed by atoms with Crippen LogP contribution < -0.4 is 4.90 Å². The number of aromatic nitrogens is 1. The smallest absolute Gasteiger partial charge is 0.137 e. The van der Waals surface area contributed by atoms with Crippen LogP contribution in [0.1, 0.15) is 0 Å². The average Bonchev–Trinajstić information content (AvgIpc) is 3.88. The molecule has 0 spiro atoms.